The molecule has 0 aromatic carbocycles. The molecule has 1 amide bonds. The van der Waals surface area contributed by atoms with Gasteiger partial charge in [0.25, 0.3) is 5.91 Å². The van der Waals surface area contributed by atoms with Gasteiger partial charge in [-0.3, -0.25) is 9.20 Å². The largest absolute Gasteiger partial charge is 0.473 e. The Morgan fingerprint density at radius 3 is 2.38 bits per heavy atom. The fourth-order valence-electron chi connectivity index (χ4n) is 3.65. The van der Waals surface area contributed by atoms with E-state index >= 15 is 0 Å². The molecule has 1 atom stereocenters. The molecule has 3 heterocycles. The predicted octanol–water partition coefficient (Wildman–Crippen LogP) is 1.50. The van der Waals surface area contributed by atoms with E-state index in [0.717, 1.165) is 51.0 Å². The second-order valence-electron chi connectivity index (χ2n) is 8.20. The Morgan fingerprint density at radius 1 is 1.24 bits per heavy atom. The van der Waals surface area contributed by atoms with Gasteiger partial charge < -0.3 is 31.3 Å². The number of fused-ring (bicyclic) bond motifs is 1. The van der Waals surface area contributed by atoms with E-state index in [2.05, 4.69) is 15.2 Å². The molecule has 34 heavy (non-hydrogen) atoms. The number of hydrogen-bond donors (Lipinski definition) is 5. The number of nitrogens with one attached hydrogen (secondary N) is 1. The molecule has 6 N–H and O–H groups in total. The van der Waals surface area contributed by atoms with Crippen molar-refractivity contribution in [3.05, 3.63) is 28.5 Å². The number of aliphatic hydroxyl groups is 1. The lowest BCUT2D eigenvalue weighted by Gasteiger charge is -2.33. The highest BCUT2D eigenvalue weighted by Gasteiger charge is 2.22. The molecule has 1 unspecified atom stereocenters. The number of β-amino-alcohol motifs (C(OH)–C–C–N with tert-alkyl or cyclic N) is 1. The van der Waals surface area contributed by atoms with E-state index in [1.165, 1.54) is 0 Å². The molecule has 11 nitrogen and oxygen atoms in total. The summed E-state index contributed by atoms with van der Waals surface area (Å²) in [7, 11) is 0. The summed E-state index contributed by atoms with van der Waals surface area (Å²) in [5, 5.41) is 28.0. The number of aliphatic carboxylic acids is 2. The quantitative estimate of drug-likeness (QED) is 0.355. The molecule has 3 rings (SSSR count). The van der Waals surface area contributed by atoms with E-state index in [1.807, 2.05) is 20.0 Å². The number of piperidine rings is 1. The molecule has 2 aromatic heterocycles. The van der Waals surface area contributed by atoms with Gasteiger partial charge in [0.2, 0.25) is 0 Å². The number of nitrogen functional groups attached to an aromatic ring is 1. The highest BCUT2D eigenvalue weighted by Crippen LogP contribution is 2.25. The van der Waals surface area contributed by atoms with E-state index in [0.29, 0.717) is 34.5 Å². The Balaban J connectivity index is 0.000000604. The van der Waals surface area contributed by atoms with Crippen LogP contribution in [0.5, 0.6) is 0 Å². The first kappa shape index (κ1) is 27.4. The lowest BCUT2D eigenvalue weighted by atomic mass is 9.96. The van der Waals surface area contributed by atoms with Crippen molar-refractivity contribution in [3.8, 4) is 0 Å². The highest BCUT2D eigenvalue weighted by molar-refractivity contribution is 6.33. The molecule has 1 aliphatic heterocycles. The second-order valence-corrected chi connectivity index (χ2v) is 8.60. The maximum Gasteiger partial charge on any atom is 0.414 e. The Morgan fingerprint density at radius 2 is 1.85 bits per heavy atom. The fraction of sp³-hybridized carbons (Fsp3) is 0.545. The molecule has 12 heteroatoms. The number of carboxylic acid groups (broad SMARTS) is 2. The third-order valence-electron chi connectivity index (χ3n) is 5.76. The maximum atomic E-state index is 12.8. The number of nitrogens with zero attached hydrogens (tertiary/aromatic N) is 3. The van der Waals surface area contributed by atoms with Crippen LogP contribution < -0.4 is 11.1 Å². The average molecular weight is 498 g/mol. The monoisotopic (exact) mass is 497 g/mol. The zero-order valence-corrected chi connectivity index (χ0v) is 20.1. The van der Waals surface area contributed by atoms with Crippen molar-refractivity contribution in [2.24, 2.45) is 5.92 Å². The summed E-state index contributed by atoms with van der Waals surface area (Å²) in [6.07, 6.45) is 5.13. The number of amides is 1. The van der Waals surface area contributed by atoms with Crippen LogP contribution in [-0.4, -0.2) is 79.7 Å². The van der Waals surface area contributed by atoms with E-state index in [-0.39, 0.29) is 12.0 Å². The molecule has 0 radical (unpaired) electrons. The minimum Gasteiger partial charge on any atom is -0.473 e. The summed E-state index contributed by atoms with van der Waals surface area (Å²) >= 11 is 6.23. The smallest absolute Gasteiger partial charge is 0.414 e. The van der Waals surface area contributed by atoms with Crippen LogP contribution in [0.2, 0.25) is 5.02 Å². The lowest BCUT2D eigenvalue weighted by Crippen LogP contribution is -2.41. The zero-order valence-electron chi connectivity index (χ0n) is 19.3. The topological polar surface area (TPSA) is 170 Å². The number of nitrogens with two attached hydrogens (primary N) is 1. The standard InChI is InChI=1S/C20H30ClN5O2.C2H2O4/c1-3-14-11-26-18(22)17(21)9-16(19(26)24-14)20(28)23-10-13-5-7-25(8-6-13)12-15(27)4-2;3-1(4)2(5)6/h9,11,13,15,27H,3-8,10,12,22H2,1-2H3,(H,23,28);(H,3,4)(H,5,6). The number of carbonyl (C=O) groups excluding carboxylic acids is 1. The number of likely N-dealkylation sites (tertiary alicyclic amines) is 1. The van der Waals surface area contributed by atoms with Crippen LogP contribution in [-0.2, 0) is 16.0 Å². The molecule has 2 aromatic rings. The van der Waals surface area contributed by atoms with Gasteiger partial charge in [-0.1, -0.05) is 25.4 Å². The number of hydrogen-bond acceptors (Lipinski definition) is 7. The number of carboxylic acids is 2. The third-order valence-corrected chi connectivity index (χ3v) is 6.06. The van der Waals surface area contributed by atoms with Gasteiger partial charge in [-0.2, -0.15) is 0 Å². The van der Waals surface area contributed by atoms with Crippen molar-refractivity contribution < 1.29 is 29.7 Å². The van der Waals surface area contributed by atoms with Crippen LogP contribution in [0.1, 0.15) is 49.2 Å². The summed E-state index contributed by atoms with van der Waals surface area (Å²) in [5.41, 5.74) is 7.89. The number of pyridine rings is 1. The molecule has 1 fully saturated rings. The normalized spacial score (nSPS) is 15.4. The summed E-state index contributed by atoms with van der Waals surface area (Å²) in [5.74, 6) is -3.00. The van der Waals surface area contributed by atoms with Gasteiger partial charge in [0.15, 0.2) is 5.65 Å². The number of imidazole rings is 1. The number of aliphatic hydroxyl groups excluding tert-OH is 1. The number of halogens is 1. The molecule has 1 aliphatic rings. The summed E-state index contributed by atoms with van der Waals surface area (Å²) in [4.78, 5) is 37.8. The van der Waals surface area contributed by atoms with Crippen molar-refractivity contribution in [3.63, 3.8) is 0 Å². The number of rotatable bonds is 7. The van der Waals surface area contributed by atoms with Crippen molar-refractivity contribution in [1.82, 2.24) is 19.6 Å². The Labute approximate surface area is 202 Å². The van der Waals surface area contributed by atoms with Gasteiger partial charge in [-0.25, -0.2) is 14.6 Å². The van der Waals surface area contributed by atoms with Crippen LogP contribution in [0.4, 0.5) is 5.82 Å². The van der Waals surface area contributed by atoms with Gasteiger partial charge in [-0.15, -0.1) is 0 Å². The number of aromatic nitrogens is 2. The number of carbonyl (C=O) groups is 3. The predicted molar refractivity (Wildman–Crippen MR) is 127 cm³/mol. The number of aryl methyl sites for hydroxylation is 1. The minimum absolute atomic E-state index is 0.177. The first-order valence-electron chi connectivity index (χ1n) is 11.2. The third kappa shape index (κ3) is 7.31. The molecule has 0 spiro atoms. The van der Waals surface area contributed by atoms with Gasteiger partial charge in [-0.05, 0) is 50.8 Å². The summed E-state index contributed by atoms with van der Waals surface area (Å²) in [6, 6.07) is 1.60. The highest BCUT2D eigenvalue weighted by atomic mass is 35.5. The first-order chi connectivity index (χ1) is 16.1. The van der Waals surface area contributed by atoms with Crippen molar-refractivity contribution in [1.29, 1.82) is 0 Å². The molecular formula is C22H32ClN5O6. The SMILES string of the molecule is CCc1cn2c(N)c(Cl)cc(C(=O)NCC3CCN(CC(O)CC)CC3)c2n1.O=C(O)C(=O)O. The lowest BCUT2D eigenvalue weighted by molar-refractivity contribution is -0.159. The Kier molecular flexibility index (Phi) is 10.1. The average Bonchev–Trinajstić information content (AvgIpc) is 3.26. The van der Waals surface area contributed by atoms with E-state index in [9.17, 15) is 9.90 Å². The fourth-order valence-corrected chi connectivity index (χ4v) is 3.85. The Bertz CT molecular complexity index is 1010. The van der Waals surface area contributed by atoms with Crippen LogP contribution in [0.15, 0.2) is 12.3 Å². The molecule has 188 valence electrons. The Hall–Kier alpha value is -2.89. The van der Waals surface area contributed by atoms with E-state index in [4.69, 9.17) is 37.1 Å². The van der Waals surface area contributed by atoms with Crippen LogP contribution >= 0.6 is 11.6 Å². The van der Waals surface area contributed by atoms with Crippen molar-refractivity contribution in [2.75, 3.05) is 31.9 Å². The molecular weight excluding hydrogens is 466 g/mol. The number of anilines is 1. The van der Waals surface area contributed by atoms with Crippen LogP contribution in [0, 0.1) is 5.92 Å². The van der Waals surface area contributed by atoms with Crippen LogP contribution in [0.25, 0.3) is 5.65 Å². The molecule has 0 aliphatic carbocycles. The summed E-state index contributed by atoms with van der Waals surface area (Å²) in [6.45, 7) is 7.27. The van der Waals surface area contributed by atoms with Gasteiger partial charge in [0.1, 0.15) is 5.82 Å². The van der Waals surface area contributed by atoms with Crippen molar-refractivity contribution in [2.45, 2.75) is 45.6 Å². The van der Waals surface area contributed by atoms with E-state index < -0.39 is 11.9 Å². The van der Waals surface area contributed by atoms with Gasteiger partial charge in [0.05, 0.1) is 22.4 Å². The van der Waals surface area contributed by atoms with E-state index in [1.54, 1.807) is 10.5 Å². The summed E-state index contributed by atoms with van der Waals surface area (Å²) < 4.78 is 1.69. The molecule has 0 bridgehead atoms. The van der Waals surface area contributed by atoms with Gasteiger partial charge >= 0.3 is 11.9 Å². The second kappa shape index (κ2) is 12.5. The maximum absolute atomic E-state index is 12.8. The van der Waals surface area contributed by atoms with Gasteiger partial charge in [0, 0.05) is 19.3 Å². The van der Waals surface area contributed by atoms with Crippen molar-refractivity contribution >= 4 is 40.9 Å². The molecule has 1 saturated heterocycles. The zero-order chi connectivity index (χ0) is 25.4. The molecule has 0 saturated carbocycles. The van der Waals surface area contributed by atoms with Crippen LogP contribution in [0.3, 0.4) is 0 Å². The first-order valence-corrected chi connectivity index (χ1v) is 11.6. The minimum atomic E-state index is -1.82.